The van der Waals surface area contributed by atoms with Crippen molar-refractivity contribution in [2.75, 3.05) is 5.73 Å². The van der Waals surface area contributed by atoms with Crippen molar-refractivity contribution in [3.05, 3.63) is 47.8 Å². The number of aryl methyl sites for hydroxylation is 1. The molecule has 2 N–H and O–H groups in total. The van der Waals surface area contributed by atoms with Crippen molar-refractivity contribution in [2.45, 2.75) is 13.1 Å². The van der Waals surface area contributed by atoms with E-state index in [2.05, 4.69) is 4.98 Å². The van der Waals surface area contributed by atoms with E-state index in [-0.39, 0.29) is 5.56 Å². The Morgan fingerprint density at radius 3 is 2.50 bits per heavy atom. The lowest BCUT2D eigenvalue weighted by molar-refractivity contribution is -0.137. The summed E-state index contributed by atoms with van der Waals surface area (Å²) in [6.45, 7) is 1.75. The summed E-state index contributed by atoms with van der Waals surface area (Å²) in [5.41, 5.74) is 6.78. The molecule has 0 aliphatic heterocycles. The van der Waals surface area contributed by atoms with Crippen LogP contribution in [0.15, 0.2) is 36.7 Å². The van der Waals surface area contributed by atoms with Crippen LogP contribution in [0, 0.1) is 6.92 Å². The minimum Gasteiger partial charge on any atom is -0.399 e. The van der Waals surface area contributed by atoms with Crippen LogP contribution >= 0.6 is 0 Å². The molecule has 0 saturated heterocycles. The van der Waals surface area contributed by atoms with Crippen molar-refractivity contribution in [3.8, 4) is 11.1 Å². The zero-order valence-corrected chi connectivity index (χ0v) is 9.62. The molecule has 0 atom stereocenters. The third-order valence-corrected chi connectivity index (χ3v) is 2.71. The van der Waals surface area contributed by atoms with Gasteiger partial charge in [-0.3, -0.25) is 4.98 Å². The van der Waals surface area contributed by atoms with Gasteiger partial charge in [0, 0.05) is 23.6 Å². The Balaban J connectivity index is 2.61. The van der Waals surface area contributed by atoms with Gasteiger partial charge in [-0.2, -0.15) is 13.2 Å². The Morgan fingerprint density at radius 2 is 1.89 bits per heavy atom. The highest BCUT2D eigenvalue weighted by Crippen LogP contribution is 2.36. The van der Waals surface area contributed by atoms with E-state index in [1.807, 2.05) is 0 Å². The lowest BCUT2D eigenvalue weighted by Crippen LogP contribution is -2.07. The molecule has 2 nitrogen and oxygen atoms in total. The molecule has 0 spiro atoms. The fourth-order valence-electron chi connectivity index (χ4n) is 1.71. The first-order chi connectivity index (χ1) is 8.39. The van der Waals surface area contributed by atoms with Crippen LogP contribution in [-0.4, -0.2) is 4.98 Å². The predicted molar refractivity (Wildman–Crippen MR) is 63.8 cm³/mol. The van der Waals surface area contributed by atoms with E-state index in [1.165, 1.54) is 6.20 Å². The van der Waals surface area contributed by atoms with Crippen molar-refractivity contribution in [3.63, 3.8) is 0 Å². The first-order valence-electron chi connectivity index (χ1n) is 5.27. The molecule has 1 heterocycles. The molecule has 5 heteroatoms. The Hall–Kier alpha value is -2.04. The van der Waals surface area contributed by atoms with Gasteiger partial charge in [0.2, 0.25) is 0 Å². The molecule has 2 aromatic rings. The monoisotopic (exact) mass is 252 g/mol. The number of aromatic nitrogens is 1. The summed E-state index contributed by atoms with van der Waals surface area (Å²) in [5, 5.41) is 0. The number of hydrogen-bond donors (Lipinski definition) is 1. The van der Waals surface area contributed by atoms with Crippen LogP contribution in [0.3, 0.4) is 0 Å². The number of pyridine rings is 1. The van der Waals surface area contributed by atoms with E-state index >= 15 is 0 Å². The molecule has 0 amide bonds. The highest BCUT2D eigenvalue weighted by atomic mass is 19.4. The highest BCUT2D eigenvalue weighted by molar-refractivity contribution is 5.70. The van der Waals surface area contributed by atoms with Crippen molar-refractivity contribution in [2.24, 2.45) is 0 Å². The Bertz CT molecular complexity index is 577. The smallest absolute Gasteiger partial charge is 0.399 e. The molecule has 1 aromatic heterocycles. The summed E-state index contributed by atoms with van der Waals surface area (Å²) in [5.74, 6) is 0. The van der Waals surface area contributed by atoms with Gasteiger partial charge in [-0.05, 0) is 36.2 Å². The summed E-state index contributed by atoms with van der Waals surface area (Å²) < 4.78 is 38.6. The van der Waals surface area contributed by atoms with Gasteiger partial charge >= 0.3 is 6.18 Å². The van der Waals surface area contributed by atoms with Crippen LogP contribution in [0.2, 0.25) is 0 Å². The van der Waals surface area contributed by atoms with E-state index in [4.69, 9.17) is 5.73 Å². The van der Waals surface area contributed by atoms with Gasteiger partial charge in [0.1, 0.15) is 0 Å². The summed E-state index contributed by atoms with van der Waals surface area (Å²) >= 11 is 0. The number of hydrogen-bond acceptors (Lipinski definition) is 2. The van der Waals surface area contributed by atoms with Gasteiger partial charge in [-0.25, -0.2) is 0 Å². The zero-order chi connectivity index (χ0) is 13.3. The molecule has 0 fully saturated rings. The lowest BCUT2D eigenvalue weighted by atomic mass is 9.99. The van der Waals surface area contributed by atoms with Crippen LogP contribution < -0.4 is 5.73 Å². The first kappa shape index (κ1) is 12.4. The van der Waals surface area contributed by atoms with Crippen LogP contribution in [0.5, 0.6) is 0 Å². The van der Waals surface area contributed by atoms with Gasteiger partial charge in [-0.1, -0.05) is 6.07 Å². The number of nitrogens with two attached hydrogens (primary N) is 1. The quantitative estimate of drug-likeness (QED) is 0.786. The maximum absolute atomic E-state index is 12.9. The second-order valence-electron chi connectivity index (χ2n) is 3.99. The second kappa shape index (κ2) is 4.33. The molecule has 0 bridgehead atoms. The fourth-order valence-corrected chi connectivity index (χ4v) is 1.71. The second-order valence-corrected chi connectivity index (χ2v) is 3.99. The maximum atomic E-state index is 12.9. The molecular formula is C13H11F3N2. The SMILES string of the molecule is Cc1cc(-c2cnccc2C(F)(F)F)ccc1N. The summed E-state index contributed by atoms with van der Waals surface area (Å²) in [6.07, 6.45) is -2.04. The van der Waals surface area contributed by atoms with Gasteiger partial charge < -0.3 is 5.73 Å². The average molecular weight is 252 g/mol. The van der Waals surface area contributed by atoms with E-state index in [1.54, 1.807) is 25.1 Å². The highest BCUT2D eigenvalue weighted by Gasteiger charge is 2.33. The molecule has 94 valence electrons. The first-order valence-corrected chi connectivity index (χ1v) is 5.27. The van der Waals surface area contributed by atoms with Crippen LogP contribution in [0.4, 0.5) is 18.9 Å². The summed E-state index contributed by atoms with van der Waals surface area (Å²) in [4.78, 5) is 3.76. The van der Waals surface area contributed by atoms with Gasteiger partial charge in [0.05, 0.1) is 5.56 Å². The zero-order valence-electron chi connectivity index (χ0n) is 9.62. The molecule has 18 heavy (non-hydrogen) atoms. The minimum atomic E-state index is -4.40. The molecule has 0 unspecified atom stereocenters. The number of halogens is 3. The van der Waals surface area contributed by atoms with E-state index in [9.17, 15) is 13.2 Å². The fraction of sp³-hybridized carbons (Fsp3) is 0.154. The topological polar surface area (TPSA) is 38.9 Å². The van der Waals surface area contributed by atoms with Crippen molar-refractivity contribution < 1.29 is 13.2 Å². The number of nitrogen functional groups attached to an aromatic ring is 1. The lowest BCUT2D eigenvalue weighted by Gasteiger charge is -2.13. The summed E-state index contributed by atoms with van der Waals surface area (Å²) in [6, 6.07) is 5.76. The maximum Gasteiger partial charge on any atom is 0.417 e. The largest absolute Gasteiger partial charge is 0.417 e. The number of nitrogens with zero attached hydrogens (tertiary/aromatic N) is 1. The van der Waals surface area contributed by atoms with Gasteiger partial charge in [0.15, 0.2) is 0 Å². The molecule has 0 aliphatic carbocycles. The van der Waals surface area contributed by atoms with Crippen molar-refractivity contribution in [1.82, 2.24) is 4.98 Å². The average Bonchev–Trinajstić information content (AvgIpc) is 2.32. The summed E-state index contributed by atoms with van der Waals surface area (Å²) in [7, 11) is 0. The van der Waals surface area contributed by atoms with E-state index < -0.39 is 11.7 Å². The Labute approximate surface area is 102 Å². The molecule has 0 saturated carbocycles. The standard InChI is InChI=1S/C13H11F3N2/c1-8-6-9(2-3-12(8)17)10-7-18-5-4-11(10)13(14,15)16/h2-7H,17H2,1H3. The molecule has 1 aromatic carbocycles. The number of benzene rings is 1. The van der Waals surface area contributed by atoms with E-state index in [0.717, 1.165) is 17.8 Å². The third kappa shape index (κ3) is 2.30. The van der Waals surface area contributed by atoms with E-state index in [0.29, 0.717) is 11.3 Å². The van der Waals surface area contributed by atoms with Crippen LogP contribution in [0.25, 0.3) is 11.1 Å². The number of rotatable bonds is 1. The molecule has 0 radical (unpaired) electrons. The van der Waals surface area contributed by atoms with Gasteiger partial charge in [-0.15, -0.1) is 0 Å². The van der Waals surface area contributed by atoms with Gasteiger partial charge in [0.25, 0.3) is 0 Å². The predicted octanol–water partition coefficient (Wildman–Crippen LogP) is 3.66. The normalized spacial score (nSPS) is 11.6. The molecule has 2 rings (SSSR count). The van der Waals surface area contributed by atoms with Crippen molar-refractivity contribution in [1.29, 1.82) is 0 Å². The number of alkyl halides is 3. The Kier molecular flexibility index (Phi) is 2.98. The molecule has 0 aliphatic rings. The third-order valence-electron chi connectivity index (χ3n) is 2.71. The Morgan fingerprint density at radius 1 is 1.17 bits per heavy atom. The number of anilines is 1. The minimum absolute atomic E-state index is 0.0631. The molecular weight excluding hydrogens is 241 g/mol. The van der Waals surface area contributed by atoms with Crippen LogP contribution in [0.1, 0.15) is 11.1 Å². The van der Waals surface area contributed by atoms with Crippen LogP contribution in [-0.2, 0) is 6.18 Å². The van der Waals surface area contributed by atoms with Crippen molar-refractivity contribution >= 4 is 5.69 Å².